The molecular formula is C14H9BrF2O. The highest BCUT2D eigenvalue weighted by atomic mass is 79.9. The number of benzene rings is 2. The maximum atomic E-state index is 13.1. The van der Waals surface area contributed by atoms with Crippen molar-refractivity contribution in [3.8, 4) is 0 Å². The van der Waals surface area contributed by atoms with Gasteiger partial charge in [0.25, 0.3) is 0 Å². The number of ketones is 1. The summed E-state index contributed by atoms with van der Waals surface area (Å²) >= 11 is 3.27. The molecule has 0 bridgehead atoms. The molecule has 0 atom stereocenters. The van der Waals surface area contributed by atoms with E-state index in [2.05, 4.69) is 15.9 Å². The number of carbonyl (C=O) groups is 1. The molecular weight excluding hydrogens is 302 g/mol. The number of hydrogen-bond donors (Lipinski definition) is 0. The van der Waals surface area contributed by atoms with Gasteiger partial charge in [0.2, 0.25) is 0 Å². The summed E-state index contributed by atoms with van der Waals surface area (Å²) in [5.41, 5.74) is 1.19. The minimum absolute atomic E-state index is 0.00806. The zero-order chi connectivity index (χ0) is 13.3. The van der Waals surface area contributed by atoms with Crippen molar-refractivity contribution in [1.29, 1.82) is 0 Å². The number of aryl methyl sites for hydroxylation is 1. The highest BCUT2D eigenvalue weighted by Gasteiger charge is 2.14. The van der Waals surface area contributed by atoms with E-state index in [1.54, 1.807) is 25.1 Å². The van der Waals surface area contributed by atoms with Gasteiger partial charge in [0.15, 0.2) is 5.78 Å². The van der Waals surface area contributed by atoms with Crippen LogP contribution in [0.15, 0.2) is 40.9 Å². The smallest absolute Gasteiger partial charge is 0.193 e. The van der Waals surface area contributed by atoms with Gasteiger partial charge in [-0.15, -0.1) is 0 Å². The zero-order valence-electron chi connectivity index (χ0n) is 9.51. The van der Waals surface area contributed by atoms with Crippen LogP contribution >= 0.6 is 15.9 Å². The van der Waals surface area contributed by atoms with Crippen molar-refractivity contribution in [2.45, 2.75) is 6.92 Å². The SMILES string of the molecule is Cc1ccc(Br)cc1C(=O)c1cc(F)cc(F)c1. The van der Waals surface area contributed by atoms with Gasteiger partial charge in [0.05, 0.1) is 0 Å². The third kappa shape index (κ3) is 2.64. The summed E-state index contributed by atoms with van der Waals surface area (Å²) in [7, 11) is 0. The third-order valence-electron chi connectivity index (χ3n) is 2.57. The second-order valence-electron chi connectivity index (χ2n) is 3.95. The molecule has 0 aliphatic heterocycles. The third-order valence-corrected chi connectivity index (χ3v) is 3.06. The van der Waals surface area contributed by atoms with E-state index < -0.39 is 17.4 Å². The molecule has 0 aliphatic carbocycles. The van der Waals surface area contributed by atoms with Gasteiger partial charge < -0.3 is 0 Å². The molecule has 0 heterocycles. The number of hydrogen-bond acceptors (Lipinski definition) is 1. The summed E-state index contributed by atoms with van der Waals surface area (Å²) < 4.78 is 26.9. The topological polar surface area (TPSA) is 17.1 Å². The Morgan fingerprint density at radius 2 is 1.67 bits per heavy atom. The molecule has 0 aromatic heterocycles. The van der Waals surface area contributed by atoms with Crippen LogP contribution in [0.2, 0.25) is 0 Å². The van der Waals surface area contributed by atoms with Gasteiger partial charge in [-0.05, 0) is 36.8 Å². The molecule has 0 saturated heterocycles. The van der Waals surface area contributed by atoms with Crippen molar-refractivity contribution in [3.05, 3.63) is 69.2 Å². The minimum Gasteiger partial charge on any atom is -0.289 e. The summed E-state index contributed by atoms with van der Waals surface area (Å²) in [6.45, 7) is 1.77. The van der Waals surface area contributed by atoms with Crippen LogP contribution < -0.4 is 0 Å². The molecule has 0 aliphatic rings. The van der Waals surface area contributed by atoms with E-state index in [0.717, 1.165) is 28.2 Å². The van der Waals surface area contributed by atoms with Gasteiger partial charge in [-0.3, -0.25) is 4.79 Å². The molecule has 0 unspecified atom stereocenters. The summed E-state index contributed by atoms with van der Waals surface area (Å²) in [5.74, 6) is -1.91. The summed E-state index contributed by atoms with van der Waals surface area (Å²) in [5, 5.41) is 0. The van der Waals surface area contributed by atoms with E-state index in [-0.39, 0.29) is 5.56 Å². The average Bonchev–Trinajstić information content (AvgIpc) is 2.30. The minimum atomic E-state index is -0.758. The van der Waals surface area contributed by atoms with Crippen molar-refractivity contribution in [2.24, 2.45) is 0 Å². The lowest BCUT2D eigenvalue weighted by Gasteiger charge is -2.06. The predicted octanol–water partition coefficient (Wildman–Crippen LogP) is 4.27. The van der Waals surface area contributed by atoms with Crippen LogP contribution in [0.1, 0.15) is 21.5 Å². The fraction of sp³-hybridized carbons (Fsp3) is 0.0714. The van der Waals surface area contributed by atoms with Crippen LogP contribution in [0.5, 0.6) is 0 Å². The molecule has 2 rings (SSSR count). The molecule has 4 heteroatoms. The van der Waals surface area contributed by atoms with Gasteiger partial charge in [-0.2, -0.15) is 0 Å². The number of carbonyl (C=O) groups excluding carboxylic acids is 1. The fourth-order valence-electron chi connectivity index (χ4n) is 1.68. The van der Waals surface area contributed by atoms with E-state index in [4.69, 9.17) is 0 Å². The molecule has 0 N–H and O–H groups in total. The Kier molecular flexibility index (Phi) is 3.57. The maximum absolute atomic E-state index is 13.1. The van der Waals surface area contributed by atoms with Crippen molar-refractivity contribution in [2.75, 3.05) is 0 Å². The second kappa shape index (κ2) is 4.98. The highest BCUT2D eigenvalue weighted by Crippen LogP contribution is 2.20. The van der Waals surface area contributed by atoms with E-state index >= 15 is 0 Å². The Bertz CT molecular complexity index is 603. The van der Waals surface area contributed by atoms with Crippen molar-refractivity contribution in [3.63, 3.8) is 0 Å². The van der Waals surface area contributed by atoms with Crippen LogP contribution in [0.3, 0.4) is 0 Å². The molecule has 0 spiro atoms. The summed E-state index contributed by atoms with van der Waals surface area (Å²) in [6, 6.07) is 8.02. The Morgan fingerprint density at radius 1 is 1.06 bits per heavy atom. The fourth-order valence-corrected chi connectivity index (χ4v) is 2.04. The van der Waals surface area contributed by atoms with Crippen LogP contribution in [0.25, 0.3) is 0 Å². The van der Waals surface area contributed by atoms with Gasteiger partial charge in [0, 0.05) is 21.7 Å². The molecule has 2 aromatic carbocycles. The molecule has 92 valence electrons. The normalized spacial score (nSPS) is 10.4. The quantitative estimate of drug-likeness (QED) is 0.757. The lowest BCUT2D eigenvalue weighted by Crippen LogP contribution is -2.05. The van der Waals surface area contributed by atoms with Gasteiger partial charge in [-0.25, -0.2) is 8.78 Å². The Morgan fingerprint density at radius 3 is 2.28 bits per heavy atom. The molecule has 0 radical (unpaired) electrons. The Labute approximate surface area is 112 Å². The van der Waals surface area contributed by atoms with Gasteiger partial charge in [0.1, 0.15) is 11.6 Å². The Balaban J connectivity index is 2.51. The monoisotopic (exact) mass is 310 g/mol. The van der Waals surface area contributed by atoms with E-state index in [1.165, 1.54) is 0 Å². The van der Waals surface area contributed by atoms with E-state index in [0.29, 0.717) is 5.56 Å². The molecule has 0 fully saturated rings. The van der Waals surface area contributed by atoms with Gasteiger partial charge in [-0.1, -0.05) is 22.0 Å². The largest absolute Gasteiger partial charge is 0.289 e. The average molecular weight is 311 g/mol. The summed E-state index contributed by atoms with van der Waals surface area (Å²) in [6.07, 6.45) is 0. The Hall–Kier alpha value is -1.55. The first-order valence-electron chi connectivity index (χ1n) is 5.24. The number of halogens is 3. The van der Waals surface area contributed by atoms with Crippen molar-refractivity contribution in [1.82, 2.24) is 0 Å². The number of rotatable bonds is 2. The van der Waals surface area contributed by atoms with Gasteiger partial charge >= 0.3 is 0 Å². The molecule has 0 amide bonds. The van der Waals surface area contributed by atoms with E-state index in [9.17, 15) is 13.6 Å². The standard InChI is InChI=1S/C14H9BrF2O/c1-8-2-3-10(15)6-13(8)14(18)9-4-11(16)7-12(17)5-9/h2-7H,1H3. The highest BCUT2D eigenvalue weighted by molar-refractivity contribution is 9.10. The lowest BCUT2D eigenvalue weighted by molar-refractivity contribution is 0.103. The van der Waals surface area contributed by atoms with Crippen molar-refractivity contribution >= 4 is 21.7 Å². The first-order valence-corrected chi connectivity index (χ1v) is 6.03. The first kappa shape index (κ1) is 12.9. The lowest BCUT2D eigenvalue weighted by atomic mass is 9.99. The predicted molar refractivity (Wildman–Crippen MR) is 68.7 cm³/mol. The first-order chi connectivity index (χ1) is 8.47. The van der Waals surface area contributed by atoms with E-state index in [1.807, 2.05) is 0 Å². The maximum Gasteiger partial charge on any atom is 0.193 e. The summed E-state index contributed by atoms with van der Waals surface area (Å²) in [4.78, 5) is 12.2. The van der Waals surface area contributed by atoms with Crippen molar-refractivity contribution < 1.29 is 13.6 Å². The second-order valence-corrected chi connectivity index (χ2v) is 4.86. The van der Waals surface area contributed by atoms with Crippen LogP contribution in [-0.2, 0) is 0 Å². The van der Waals surface area contributed by atoms with Crippen LogP contribution in [0, 0.1) is 18.6 Å². The molecule has 18 heavy (non-hydrogen) atoms. The molecule has 2 aromatic rings. The van der Waals surface area contributed by atoms with Crippen LogP contribution in [0.4, 0.5) is 8.78 Å². The molecule has 0 saturated carbocycles. The van der Waals surface area contributed by atoms with Crippen LogP contribution in [-0.4, -0.2) is 5.78 Å². The molecule has 1 nitrogen and oxygen atoms in total. The zero-order valence-corrected chi connectivity index (χ0v) is 11.1.